The lowest BCUT2D eigenvalue weighted by molar-refractivity contribution is -0.140. The number of carbonyl (C=O) groups excluding carboxylic acids is 2. The zero-order valence-electron chi connectivity index (χ0n) is 25.1. The van der Waals surface area contributed by atoms with Gasteiger partial charge in [-0.25, -0.2) is 19.2 Å². The van der Waals surface area contributed by atoms with Gasteiger partial charge in [-0.3, -0.25) is 0 Å². The number of rotatable bonds is 12. The minimum Gasteiger partial charge on any atom is -0.480 e. The second kappa shape index (κ2) is 19.4. The van der Waals surface area contributed by atoms with Crippen LogP contribution in [-0.2, 0) is 45.1 Å². The molecule has 0 radical (unpaired) electrons. The van der Waals surface area contributed by atoms with E-state index in [2.05, 4.69) is 10.6 Å². The number of aliphatic carboxylic acids is 2. The molecule has 0 unspecified atom stereocenters. The van der Waals surface area contributed by atoms with Crippen molar-refractivity contribution in [3.63, 3.8) is 0 Å². The molecule has 0 aliphatic carbocycles. The van der Waals surface area contributed by atoms with Crippen LogP contribution in [0.2, 0.25) is 20.1 Å². The fraction of sp³-hybridized carbons (Fsp3) is 0.176. The molecule has 2 amide bonds. The Labute approximate surface area is 296 Å². The Hall–Kier alpha value is -4.48. The molecule has 0 aromatic heterocycles. The summed E-state index contributed by atoms with van der Waals surface area (Å²) in [7, 11) is 0. The van der Waals surface area contributed by atoms with Crippen molar-refractivity contribution in [3.05, 3.63) is 139 Å². The number of carboxylic acids is 2. The van der Waals surface area contributed by atoms with Gasteiger partial charge in [0.05, 0.1) is 20.1 Å². The lowest BCUT2D eigenvalue weighted by atomic mass is 10.1. The molecule has 0 spiro atoms. The number of nitrogens with one attached hydrogen (secondary N) is 2. The first-order valence-electron chi connectivity index (χ1n) is 14.2. The number of ether oxygens (including phenoxy) is 2. The third-order valence-corrected chi connectivity index (χ3v) is 8.23. The third kappa shape index (κ3) is 12.6. The van der Waals surface area contributed by atoms with Crippen molar-refractivity contribution in [1.29, 1.82) is 0 Å². The average Bonchev–Trinajstić information content (AvgIpc) is 3.07. The van der Waals surface area contributed by atoms with Crippen LogP contribution in [0.15, 0.2) is 97.1 Å². The van der Waals surface area contributed by atoms with Crippen LogP contribution in [0, 0.1) is 0 Å². The Bertz CT molecular complexity index is 1570. The van der Waals surface area contributed by atoms with E-state index < -0.39 is 36.2 Å². The molecule has 4 aromatic carbocycles. The summed E-state index contributed by atoms with van der Waals surface area (Å²) in [5.74, 6) is -2.38. The van der Waals surface area contributed by atoms with Crippen molar-refractivity contribution in [3.8, 4) is 0 Å². The fourth-order valence-corrected chi connectivity index (χ4v) is 4.86. The maximum atomic E-state index is 11.8. The SMILES string of the molecule is O=C(N[C@@H](Cc1cccc(Cl)c1Cl)C(=O)O)OCc1ccccc1.O=C(N[C@@H](Cc1cccc(Cl)c1Cl)C(=O)O)OCc1ccccc1. The zero-order chi connectivity index (χ0) is 35.1. The van der Waals surface area contributed by atoms with E-state index in [0.29, 0.717) is 21.2 Å². The van der Waals surface area contributed by atoms with Gasteiger partial charge in [-0.15, -0.1) is 0 Å². The molecular formula is C34H30Cl4N2O8. The molecule has 4 aromatic rings. The van der Waals surface area contributed by atoms with Gasteiger partial charge in [-0.2, -0.15) is 0 Å². The second-order valence-electron chi connectivity index (χ2n) is 10.0. The zero-order valence-corrected chi connectivity index (χ0v) is 28.1. The van der Waals surface area contributed by atoms with Crippen molar-refractivity contribution < 1.29 is 38.9 Å². The van der Waals surface area contributed by atoms with E-state index >= 15 is 0 Å². The van der Waals surface area contributed by atoms with Crippen LogP contribution in [0.25, 0.3) is 0 Å². The van der Waals surface area contributed by atoms with Crippen molar-refractivity contribution in [1.82, 2.24) is 10.6 Å². The van der Waals surface area contributed by atoms with Gasteiger partial charge in [-0.1, -0.05) is 131 Å². The molecular weight excluding hydrogens is 706 g/mol. The van der Waals surface area contributed by atoms with E-state index in [0.717, 1.165) is 11.1 Å². The van der Waals surface area contributed by atoms with E-state index in [1.54, 1.807) is 60.7 Å². The van der Waals surface area contributed by atoms with Crippen molar-refractivity contribution in [2.75, 3.05) is 0 Å². The van der Waals surface area contributed by atoms with Gasteiger partial charge < -0.3 is 30.3 Å². The lowest BCUT2D eigenvalue weighted by Gasteiger charge is -2.15. The summed E-state index contributed by atoms with van der Waals surface area (Å²) in [5.41, 5.74) is 2.66. The normalized spacial score (nSPS) is 11.6. The highest BCUT2D eigenvalue weighted by molar-refractivity contribution is 6.43. The Morgan fingerprint density at radius 3 is 1.23 bits per heavy atom. The summed E-state index contributed by atoms with van der Waals surface area (Å²) in [5, 5.41) is 24.4. The van der Waals surface area contributed by atoms with Crippen LogP contribution in [0.4, 0.5) is 9.59 Å². The molecule has 0 saturated heterocycles. The van der Waals surface area contributed by atoms with E-state index in [9.17, 15) is 29.4 Å². The van der Waals surface area contributed by atoms with Gasteiger partial charge in [0, 0.05) is 12.8 Å². The molecule has 0 fully saturated rings. The summed E-state index contributed by atoms with van der Waals surface area (Å²) >= 11 is 23.9. The Morgan fingerprint density at radius 1 is 0.542 bits per heavy atom. The van der Waals surface area contributed by atoms with Crippen LogP contribution >= 0.6 is 46.4 Å². The van der Waals surface area contributed by atoms with Crippen LogP contribution in [0.3, 0.4) is 0 Å². The number of carboxylic acid groups (broad SMARTS) is 2. The maximum absolute atomic E-state index is 11.8. The number of hydrogen-bond acceptors (Lipinski definition) is 6. The predicted octanol–water partition coefficient (Wildman–Crippen LogP) is 7.83. The first-order chi connectivity index (χ1) is 22.9. The molecule has 0 saturated carbocycles. The summed E-state index contributed by atoms with van der Waals surface area (Å²) in [4.78, 5) is 46.4. The second-order valence-corrected chi connectivity index (χ2v) is 11.6. The summed E-state index contributed by atoms with van der Waals surface area (Å²) in [6, 6.07) is 25.6. The molecule has 48 heavy (non-hydrogen) atoms. The molecule has 4 N–H and O–H groups in total. The molecule has 10 nitrogen and oxygen atoms in total. The van der Waals surface area contributed by atoms with Gasteiger partial charge in [0.1, 0.15) is 25.3 Å². The monoisotopic (exact) mass is 734 g/mol. The smallest absolute Gasteiger partial charge is 0.408 e. The van der Waals surface area contributed by atoms with Crippen LogP contribution < -0.4 is 10.6 Å². The topological polar surface area (TPSA) is 151 Å². The molecule has 4 rings (SSSR count). The number of halogens is 4. The van der Waals surface area contributed by atoms with Gasteiger partial charge in [0.15, 0.2) is 0 Å². The number of benzene rings is 4. The van der Waals surface area contributed by atoms with Crippen LogP contribution in [0.5, 0.6) is 0 Å². The molecule has 0 heterocycles. The maximum Gasteiger partial charge on any atom is 0.408 e. The van der Waals surface area contributed by atoms with Gasteiger partial charge in [0.2, 0.25) is 0 Å². The Morgan fingerprint density at radius 2 is 0.896 bits per heavy atom. The van der Waals surface area contributed by atoms with Crippen molar-refractivity contribution >= 4 is 70.5 Å². The standard InChI is InChI=1S/2C17H15Cl2NO4/c2*18-13-8-4-7-12(15(13)19)9-14(16(21)22)20-17(23)24-10-11-5-2-1-3-6-11/h2*1-8,14H,9-10H2,(H,20,23)(H,21,22)/t2*14-/m00/s1. The molecule has 2 atom stereocenters. The van der Waals surface area contributed by atoms with Gasteiger partial charge in [0.25, 0.3) is 0 Å². The number of carbonyl (C=O) groups is 4. The van der Waals surface area contributed by atoms with Crippen molar-refractivity contribution in [2.24, 2.45) is 0 Å². The summed E-state index contributed by atoms with van der Waals surface area (Å²) in [6.07, 6.45) is -1.64. The largest absolute Gasteiger partial charge is 0.480 e. The number of alkyl carbamates (subject to hydrolysis) is 2. The highest BCUT2D eigenvalue weighted by atomic mass is 35.5. The molecule has 0 aliphatic rings. The van der Waals surface area contributed by atoms with Crippen LogP contribution in [0.1, 0.15) is 22.3 Å². The van der Waals surface area contributed by atoms with Gasteiger partial charge >= 0.3 is 24.1 Å². The quantitative estimate of drug-likeness (QED) is 0.115. The van der Waals surface area contributed by atoms with E-state index in [1.165, 1.54) is 0 Å². The first-order valence-corrected chi connectivity index (χ1v) is 15.7. The highest BCUT2D eigenvalue weighted by Gasteiger charge is 2.24. The molecule has 252 valence electrons. The van der Waals surface area contributed by atoms with Gasteiger partial charge in [-0.05, 0) is 34.4 Å². The third-order valence-electron chi connectivity index (χ3n) is 6.52. The van der Waals surface area contributed by atoms with E-state index in [4.69, 9.17) is 55.9 Å². The minimum atomic E-state index is -1.19. The van der Waals surface area contributed by atoms with E-state index in [1.807, 2.05) is 36.4 Å². The molecule has 0 bridgehead atoms. The molecule has 0 aliphatic heterocycles. The average molecular weight is 736 g/mol. The minimum absolute atomic E-state index is 0.00480. The summed E-state index contributed by atoms with van der Waals surface area (Å²) < 4.78 is 10.1. The summed E-state index contributed by atoms with van der Waals surface area (Å²) in [6.45, 7) is 0.105. The lowest BCUT2D eigenvalue weighted by Crippen LogP contribution is -2.42. The number of hydrogen-bond donors (Lipinski definition) is 4. The first kappa shape index (κ1) is 38.0. The Balaban J connectivity index is 0.000000260. The highest BCUT2D eigenvalue weighted by Crippen LogP contribution is 2.27. The van der Waals surface area contributed by atoms with E-state index in [-0.39, 0.29) is 36.1 Å². The molecule has 14 heteroatoms. The number of amides is 2. The predicted molar refractivity (Wildman–Crippen MR) is 183 cm³/mol. The fourth-order valence-electron chi connectivity index (χ4n) is 4.07. The Kier molecular flexibility index (Phi) is 15.3. The van der Waals surface area contributed by atoms with Crippen molar-refractivity contribution in [2.45, 2.75) is 38.1 Å². The van der Waals surface area contributed by atoms with Crippen LogP contribution in [-0.4, -0.2) is 46.4 Å².